The van der Waals surface area contributed by atoms with Crippen molar-refractivity contribution in [3.63, 3.8) is 0 Å². The number of pyridine rings is 1. The van der Waals surface area contributed by atoms with E-state index in [-0.39, 0.29) is 22.1 Å². The van der Waals surface area contributed by atoms with Gasteiger partial charge in [0.1, 0.15) is 16.6 Å². The average molecular weight is 494 g/mol. The zero-order chi connectivity index (χ0) is 24.9. The molecule has 4 aromatic rings. The molecule has 7 nitrogen and oxygen atoms in total. The summed E-state index contributed by atoms with van der Waals surface area (Å²) in [7, 11) is 0. The van der Waals surface area contributed by atoms with E-state index in [9.17, 15) is 19.1 Å². The molecule has 1 aliphatic heterocycles. The summed E-state index contributed by atoms with van der Waals surface area (Å²) in [6.45, 7) is 4.64. The third-order valence-corrected chi connectivity index (χ3v) is 6.30. The van der Waals surface area contributed by atoms with Crippen LogP contribution >= 0.6 is 11.6 Å². The van der Waals surface area contributed by atoms with Gasteiger partial charge in [0.25, 0.3) is 0 Å². The first-order valence-electron chi connectivity index (χ1n) is 11.0. The second-order valence-corrected chi connectivity index (χ2v) is 9.04. The molecule has 35 heavy (non-hydrogen) atoms. The molecule has 0 spiro atoms. The zero-order valence-electron chi connectivity index (χ0n) is 18.9. The second-order valence-electron chi connectivity index (χ2n) is 8.65. The smallest absolute Gasteiger partial charge is 0.356 e. The van der Waals surface area contributed by atoms with Crippen LogP contribution in [0.25, 0.3) is 11.0 Å². The molecule has 1 aliphatic rings. The minimum Gasteiger partial charge on any atom is -0.476 e. The molecule has 0 saturated carbocycles. The predicted molar refractivity (Wildman–Crippen MR) is 132 cm³/mol. The Balaban J connectivity index is 1.56. The number of anilines is 2. The molecule has 0 aliphatic carbocycles. The van der Waals surface area contributed by atoms with Crippen molar-refractivity contribution < 1.29 is 18.7 Å². The average Bonchev–Trinajstić information content (AvgIpc) is 3.23. The number of carboxylic acid groups (broad SMARTS) is 1. The SMILES string of the molecule is Cc1cc(C(C)Nc2ccc(Cl)nc2C(=O)O)c2oc(N3Cc4ccc(F)cc4C3)cc(=O)c2c1. The van der Waals surface area contributed by atoms with E-state index in [0.29, 0.717) is 41.2 Å². The molecule has 0 bridgehead atoms. The standard InChI is InChI=1S/C26H21ClFN3O4/c1-13-7-18(14(2)29-20-5-6-22(27)30-24(20)26(33)34)25-19(8-13)21(32)10-23(35-25)31-11-15-3-4-17(28)9-16(15)12-31/h3-10,14,29H,11-12H2,1-2H3,(H,33,34). The highest BCUT2D eigenvalue weighted by atomic mass is 35.5. The number of aryl methyl sites for hydroxylation is 1. The Kier molecular flexibility index (Phi) is 5.68. The summed E-state index contributed by atoms with van der Waals surface area (Å²) in [5.74, 6) is -1.13. The first-order chi connectivity index (χ1) is 16.7. The molecule has 0 radical (unpaired) electrons. The summed E-state index contributed by atoms with van der Waals surface area (Å²) in [5.41, 5.74) is 3.67. The molecule has 2 aromatic carbocycles. The van der Waals surface area contributed by atoms with Gasteiger partial charge in [0.2, 0.25) is 5.88 Å². The minimum atomic E-state index is -1.21. The van der Waals surface area contributed by atoms with Gasteiger partial charge in [-0.1, -0.05) is 23.7 Å². The number of halogens is 2. The Labute approximate surface area is 204 Å². The molecule has 178 valence electrons. The van der Waals surface area contributed by atoms with E-state index in [0.717, 1.165) is 16.7 Å². The van der Waals surface area contributed by atoms with Crippen molar-refractivity contribution in [1.29, 1.82) is 0 Å². The van der Waals surface area contributed by atoms with Gasteiger partial charge in [0, 0.05) is 24.7 Å². The highest BCUT2D eigenvalue weighted by molar-refractivity contribution is 6.29. The summed E-state index contributed by atoms with van der Waals surface area (Å²) in [4.78, 5) is 30.5. The number of fused-ring (bicyclic) bond motifs is 2. The van der Waals surface area contributed by atoms with Crippen molar-refractivity contribution in [3.8, 4) is 0 Å². The first kappa shape index (κ1) is 22.9. The number of carbonyl (C=O) groups is 1. The van der Waals surface area contributed by atoms with Crippen molar-refractivity contribution in [2.45, 2.75) is 33.0 Å². The van der Waals surface area contributed by atoms with Gasteiger partial charge < -0.3 is 19.7 Å². The Bertz CT molecular complexity index is 1550. The molecular weight excluding hydrogens is 473 g/mol. The third kappa shape index (κ3) is 4.33. The molecule has 2 aromatic heterocycles. The van der Waals surface area contributed by atoms with Crippen molar-refractivity contribution in [2.75, 3.05) is 10.2 Å². The molecular formula is C26H21ClFN3O4. The van der Waals surface area contributed by atoms with Crippen LogP contribution in [0.4, 0.5) is 16.0 Å². The molecule has 1 atom stereocenters. The lowest BCUT2D eigenvalue weighted by molar-refractivity contribution is 0.0691. The van der Waals surface area contributed by atoms with Crippen LogP contribution in [-0.4, -0.2) is 16.1 Å². The van der Waals surface area contributed by atoms with Gasteiger partial charge in [0.05, 0.1) is 17.1 Å². The van der Waals surface area contributed by atoms with Crippen molar-refractivity contribution >= 4 is 40.1 Å². The highest BCUT2D eigenvalue weighted by Crippen LogP contribution is 2.33. The maximum atomic E-state index is 13.7. The van der Waals surface area contributed by atoms with Gasteiger partial charge in [-0.15, -0.1) is 0 Å². The van der Waals surface area contributed by atoms with Crippen molar-refractivity contribution in [1.82, 2.24) is 4.98 Å². The van der Waals surface area contributed by atoms with E-state index in [4.69, 9.17) is 16.0 Å². The summed E-state index contributed by atoms with van der Waals surface area (Å²) >= 11 is 5.88. The van der Waals surface area contributed by atoms with Gasteiger partial charge in [-0.3, -0.25) is 4.79 Å². The summed E-state index contributed by atoms with van der Waals surface area (Å²) in [6.07, 6.45) is 0. The number of carboxylic acids is 1. The van der Waals surface area contributed by atoms with Crippen LogP contribution in [0.1, 0.15) is 45.7 Å². The van der Waals surface area contributed by atoms with Gasteiger partial charge in [-0.25, -0.2) is 14.2 Å². The van der Waals surface area contributed by atoms with E-state index in [1.165, 1.54) is 24.3 Å². The van der Waals surface area contributed by atoms with Crippen LogP contribution in [0.5, 0.6) is 0 Å². The number of hydrogen-bond donors (Lipinski definition) is 2. The lowest BCUT2D eigenvalue weighted by Gasteiger charge is -2.21. The maximum Gasteiger partial charge on any atom is 0.356 e. The van der Waals surface area contributed by atoms with Crippen LogP contribution in [0.3, 0.4) is 0 Å². The fraction of sp³-hybridized carbons (Fsp3) is 0.192. The van der Waals surface area contributed by atoms with E-state index in [1.807, 2.05) is 24.8 Å². The fourth-order valence-electron chi connectivity index (χ4n) is 4.44. The number of rotatable bonds is 5. The molecule has 0 fully saturated rings. The minimum absolute atomic E-state index is 0.0729. The lowest BCUT2D eigenvalue weighted by atomic mass is 10.0. The molecule has 5 rings (SSSR count). The van der Waals surface area contributed by atoms with Gasteiger partial charge in [-0.05, 0) is 60.9 Å². The van der Waals surface area contributed by atoms with Crippen molar-refractivity contribution in [2.24, 2.45) is 0 Å². The normalized spacial score (nSPS) is 13.7. The summed E-state index contributed by atoms with van der Waals surface area (Å²) in [6, 6.07) is 12.4. The van der Waals surface area contributed by atoms with Gasteiger partial charge in [0.15, 0.2) is 11.1 Å². The maximum absolute atomic E-state index is 13.7. The molecule has 0 saturated heterocycles. The zero-order valence-corrected chi connectivity index (χ0v) is 19.7. The monoisotopic (exact) mass is 493 g/mol. The van der Waals surface area contributed by atoms with Crippen LogP contribution in [0, 0.1) is 12.7 Å². The molecule has 2 N–H and O–H groups in total. The van der Waals surface area contributed by atoms with Gasteiger partial charge in [-0.2, -0.15) is 0 Å². The number of aromatic carboxylic acids is 1. The molecule has 1 unspecified atom stereocenters. The van der Waals surface area contributed by atoms with Gasteiger partial charge >= 0.3 is 5.97 Å². The Morgan fingerprint density at radius 3 is 2.71 bits per heavy atom. The molecule has 9 heteroatoms. The first-order valence-corrected chi connectivity index (χ1v) is 11.3. The number of nitrogens with zero attached hydrogens (tertiary/aromatic N) is 2. The van der Waals surface area contributed by atoms with Crippen LogP contribution in [-0.2, 0) is 13.1 Å². The molecule has 0 amide bonds. The summed E-state index contributed by atoms with van der Waals surface area (Å²) < 4.78 is 19.9. The summed E-state index contributed by atoms with van der Waals surface area (Å²) in [5, 5.41) is 13.2. The van der Waals surface area contributed by atoms with Crippen molar-refractivity contribution in [3.05, 3.63) is 97.7 Å². The number of nitrogens with one attached hydrogen (secondary N) is 1. The Morgan fingerprint density at radius 2 is 1.94 bits per heavy atom. The Morgan fingerprint density at radius 1 is 1.17 bits per heavy atom. The largest absolute Gasteiger partial charge is 0.476 e. The van der Waals surface area contributed by atoms with E-state index >= 15 is 0 Å². The number of hydrogen-bond acceptors (Lipinski definition) is 6. The fourth-order valence-corrected chi connectivity index (χ4v) is 4.59. The third-order valence-electron chi connectivity index (χ3n) is 6.09. The Hall–Kier alpha value is -3.91. The van der Waals surface area contributed by atoms with E-state index < -0.39 is 12.0 Å². The van der Waals surface area contributed by atoms with Crippen LogP contribution in [0.15, 0.2) is 57.7 Å². The van der Waals surface area contributed by atoms with E-state index in [2.05, 4.69) is 10.3 Å². The van der Waals surface area contributed by atoms with Crippen LogP contribution < -0.4 is 15.6 Å². The number of benzene rings is 2. The number of aromatic nitrogens is 1. The highest BCUT2D eigenvalue weighted by Gasteiger charge is 2.24. The second kappa shape index (κ2) is 8.70. The van der Waals surface area contributed by atoms with E-state index in [1.54, 1.807) is 18.2 Å². The lowest BCUT2D eigenvalue weighted by Crippen LogP contribution is -2.18. The van der Waals surface area contributed by atoms with Crippen LogP contribution in [0.2, 0.25) is 5.15 Å². The predicted octanol–water partition coefficient (Wildman–Crippen LogP) is 5.68. The topological polar surface area (TPSA) is 95.7 Å². The quantitative estimate of drug-likeness (QED) is 0.345. The molecule has 3 heterocycles.